The van der Waals surface area contributed by atoms with Crippen LogP contribution < -0.4 is 10.3 Å². The van der Waals surface area contributed by atoms with Crippen LogP contribution in [0.25, 0.3) is 10.9 Å². The molecule has 0 aliphatic carbocycles. The number of benzene rings is 3. The van der Waals surface area contributed by atoms with Crippen LogP contribution in [0.3, 0.4) is 0 Å². The maximum Gasteiger partial charge on any atom is 0.211 e. The molecule has 1 aliphatic rings. The smallest absolute Gasteiger partial charge is 0.211 e. The van der Waals surface area contributed by atoms with Gasteiger partial charge in [-0.1, -0.05) is 55.5 Å². The molecule has 0 unspecified atom stereocenters. The quantitative estimate of drug-likeness (QED) is 0.383. The Balaban J connectivity index is 1.73. The normalized spacial score (nSPS) is 15.0. The number of pyridine rings is 1. The van der Waals surface area contributed by atoms with Crippen LogP contribution in [0, 0.1) is 11.7 Å². The van der Waals surface area contributed by atoms with Crippen LogP contribution in [0.1, 0.15) is 25.3 Å². The van der Waals surface area contributed by atoms with Gasteiger partial charge in [-0.2, -0.15) is 0 Å². The van der Waals surface area contributed by atoms with Crippen molar-refractivity contribution in [2.75, 3.05) is 18.0 Å². The van der Waals surface area contributed by atoms with E-state index in [-0.39, 0.29) is 15.2 Å². The fraction of sp³-hybridized carbons (Fsp3) is 0.250. The molecule has 4 aromatic rings. The molecule has 0 saturated carbocycles. The summed E-state index contributed by atoms with van der Waals surface area (Å²) < 4.78 is 43.9. The average molecular weight is 491 g/mol. The number of rotatable bonds is 5. The van der Waals surface area contributed by atoms with Gasteiger partial charge in [0.05, 0.1) is 21.5 Å². The SMILES string of the molecule is CC1CCN(c2cc3c(cc2F)c(=O)c(S(=O)(=O)c2ccccc2)cn3Cc2ccccc2)CC1. The molecule has 35 heavy (non-hydrogen) atoms. The molecule has 7 heteroatoms. The molecule has 3 aromatic carbocycles. The monoisotopic (exact) mass is 490 g/mol. The van der Waals surface area contributed by atoms with Crippen LogP contribution in [0.15, 0.2) is 93.6 Å². The van der Waals surface area contributed by atoms with E-state index in [4.69, 9.17) is 0 Å². The summed E-state index contributed by atoms with van der Waals surface area (Å²) in [5, 5.41) is 0.0598. The van der Waals surface area contributed by atoms with Gasteiger partial charge in [-0.25, -0.2) is 12.8 Å². The second-order valence-corrected chi connectivity index (χ2v) is 11.2. The summed E-state index contributed by atoms with van der Waals surface area (Å²) in [6.07, 6.45) is 3.35. The van der Waals surface area contributed by atoms with E-state index in [1.54, 1.807) is 28.8 Å². The highest BCUT2D eigenvalue weighted by Crippen LogP contribution is 2.30. The van der Waals surface area contributed by atoms with Gasteiger partial charge < -0.3 is 9.47 Å². The fourth-order valence-electron chi connectivity index (χ4n) is 4.69. The van der Waals surface area contributed by atoms with Gasteiger partial charge in [0, 0.05) is 25.8 Å². The Hall–Kier alpha value is -3.45. The number of aromatic nitrogens is 1. The lowest BCUT2D eigenvalue weighted by molar-refractivity contribution is 0.434. The van der Waals surface area contributed by atoms with Gasteiger partial charge in [0.15, 0.2) is 0 Å². The van der Waals surface area contributed by atoms with Crippen LogP contribution in [0.4, 0.5) is 10.1 Å². The Morgan fingerprint density at radius 3 is 2.23 bits per heavy atom. The van der Waals surface area contributed by atoms with Crippen LogP contribution in [-0.4, -0.2) is 26.1 Å². The lowest BCUT2D eigenvalue weighted by Crippen LogP contribution is -2.33. The van der Waals surface area contributed by atoms with Crippen LogP contribution in [-0.2, 0) is 16.4 Å². The number of hydrogen-bond donors (Lipinski definition) is 0. The fourth-order valence-corrected chi connectivity index (χ4v) is 6.08. The Kier molecular flexibility index (Phi) is 6.19. The number of sulfone groups is 1. The molecule has 0 amide bonds. The largest absolute Gasteiger partial charge is 0.369 e. The van der Waals surface area contributed by atoms with Gasteiger partial charge in [-0.05, 0) is 48.6 Å². The second kappa shape index (κ2) is 9.30. The highest BCUT2D eigenvalue weighted by atomic mass is 32.2. The first-order valence-electron chi connectivity index (χ1n) is 11.8. The first kappa shape index (κ1) is 23.3. The van der Waals surface area contributed by atoms with Crippen molar-refractivity contribution >= 4 is 26.4 Å². The molecule has 0 N–H and O–H groups in total. The zero-order valence-corrected chi connectivity index (χ0v) is 20.3. The van der Waals surface area contributed by atoms with Crippen molar-refractivity contribution in [3.8, 4) is 0 Å². The maximum atomic E-state index is 15.4. The van der Waals surface area contributed by atoms with Crippen molar-refractivity contribution in [1.82, 2.24) is 4.57 Å². The number of piperidine rings is 1. The zero-order chi connectivity index (χ0) is 24.6. The molecule has 1 aliphatic heterocycles. The summed E-state index contributed by atoms with van der Waals surface area (Å²) >= 11 is 0. The van der Waals surface area contributed by atoms with Gasteiger partial charge in [0.25, 0.3) is 0 Å². The second-order valence-electron chi connectivity index (χ2n) is 9.24. The lowest BCUT2D eigenvalue weighted by Gasteiger charge is -2.32. The van der Waals surface area contributed by atoms with Gasteiger partial charge in [0.2, 0.25) is 15.3 Å². The van der Waals surface area contributed by atoms with E-state index in [1.807, 2.05) is 35.2 Å². The van der Waals surface area contributed by atoms with E-state index >= 15 is 4.39 Å². The van der Waals surface area contributed by atoms with E-state index < -0.39 is 21.1 Å². The summed E-state index contributed by atoms with van der Waals surface area (Å²) in [5.41, 5.74) is 1.22. The van der Waals surface area contributed by atoms with Crippen molar-refractivity contribution in [1.29, 1.82) is 0 Å². The zero-order valence-electron chi connectivity index (χ0n) is 19.5. The van der Waals surface area contributed by atoms with Crippen molar-refractivity contribution in [2.24, 2.45) is 5.92 Å². The minimum Gasteiger partial charge on any atom is -0.369 e. The molecule has 5 nitrogen and oxygen atoms in total. The van der Waals surface area contributed by atoms with Gasteiger partial charge in [-0.15, -0.1) is 0 Å². The Bertz CT molecular complexity index is 1530. The third-order valence-electron chi connectivity index (χ3n) is 6.78. The van der Waals surface area contributed by atoms with E-state index in [1.165, 1.54) is 24.4 Å². The minimum absolute atomic E-state index is 0.0299. The molecule has 5 rings (SSSR count). The molecule has 1 aromatic heterocycles. The van der Waals surface area contributed by atoms with Crippen molar-refractivity contribution in [3.63, 3.8) is 0 Å². The number of nitrogens with zero attached hydrogens (tertiary/aromatic N) is 2. The predicted molar refractivity (Wildman–Crippen MR) is 136 cm³/mol. The number of anilines is 1. The summed E-state index contributed by atoms with van der Waals surface area (Å²) in [7, 11) is -4.09. The molecule has 0 radical (unpaired) electrons. The maximum absolute atomic E-state index is 15.4. The molecule has 1 fully saturated rings. The molecule has 2 heterocycles. The molecule has 0 bridgehead atoms. The van der Waals surface area contributed by atoms with Crippen molar-refractivity contribution < 1.29 is 12.8 Å². The standard InChI is InChI=1S/C28H27FN2O3S/c1-20-12-14-30(15-13-20)26-17-25-23(16-24(26)29)28(32)27(35(33,34)22-10-6-3-7-11-22)19-31(25)18-21-8-4-2-5-9-21/h2-11,16-17,19-20H,12-15,18H2,1H3. The molecule has 0 spiro atoms. The average Bonchev–Trinajstić information content (AvgIpc) is 2.87. The van der Waals surface area contributed by atoms with Crippen LogP contribution in [0.2, 0.25) is 0 Å². The van der Waals surface area contributed by atoms with E-state index in [9.17, 15) is 13.2 Å². The summed E-state index contributed by atoms with van der Waals surface area (Å²) in [5.74, 6) is 0.0847. The van der Waals surface area contributed by atoms with Gasteiger partial charge in [-0.3, -0.25) is 4.79 Å². The third kappa shape index (κ3) is 4.48. The van der Waals surface area contributed by atoms with Gasteiger partial charge in [0.1, 0.15) is 10.7 Å². The topological polar surface area (TPSA) is 59.4 Å². The van der Waals surface area contributed by atoms with Crippen molar-refractivity contribution in [2.45, 2.75) is 36.1 Å². The molecular formula is C28H27FN2O3S. The summed E-state index contributed by atoms with van der Waals surface area (Å²) in [6.45, 7) is 4.03. The highest BCUT2D eigenvalue weighted by Gasteiger charge is 2.26. The first-order valence-corrected chi connectivity index (χ1v) is 13.3. The summed E-state index contributed by atoms with van der Waals surface area (Å²) in [6, 6.07) is 20.3. The highest BCUT2D eigenvalue weighted by molar-refractivity contribution is 7.91. The molecule has 0 atom stereocenters. The van der Waals surface area contributed by atoms with Crippen molar-refractivity contribution in [3.05, 3.63) is 101 Å². The Morgan fingerprint density at radius 2 is 1.57 bits per heavy atom. The van der Waals surface area contributed by atoms with E-state index in [2.05, 4.69) is 6.92 Å². The van der Waals surface area contributed by atoms with Crippen LogP contribution in [0.5, 0.6) is 0 Å². The lowest BCUT2D eigenvalue weighted by atomic mass is 9.98. The minimum atomic E-state index is -4.09. The number of halogens is 1. The number of hydrogen-bond acceptors (Lipinski definition) is 4. The Morgan fingerprint density at radius 1 is 0.943 bits per heavy atom. The van der Waals surface area contributed by atoms with E-state index in [0.717, 1.165) is 31.5 Å². The van der Waals surface area contributed by atoms with E-state index in [0.29, 0.717) is 23.7 Å². The predicted octanol–water partition coefficient (Wildman–Crippen LogP) is 5.26. The van der Waals surface area contributed by atoms with Crippen LogP contribution >= 0.6 is 0 Å². The molecule has 180 valence electrons. The first-order chi connectivity index (χ1) is 16.8. The number of fused-ring (bicyclic) bond motifs is 1. The molecular weight excluding hydrogens is 463 g/mol. The Labute approximate surface area is 204 Å². The third-order valence-corrected chi connectivity index (χ3v) is 8.54. The van der Waals surface area contributed by atoms with Gasteiger partial charge >= 0.3 is 0 Å². The molecule has 1 saturated heterocycles. The summed E-state index contributed by atoms with van der Waals surface area (Å²) in [4.78, 5) is 15.2.